The number of H-pyrrole nitrogens is 1. The Kier molecular flexibility index (Phi) is 8.28. The van der Waals surface area contributed by atoms with E-state index in [1.54, 1.807) is 0 Å². The number of carbonyl (C=O) groups excluding carboxylic acids is 1. The molecule has 3 aromatic rings. The highest BCUT2D eigenvalue weighted by Crippen LogP contribution is 2.32. The van der Waals surface area contributed by atoms with Gasteiger partial charge in [0, 0.05) is 47.7 Å². The summed E-state index contributed by atoms with van der Waals surface area (Å²) < 4.78 is 2.47. The van der Waals surface area contributed by atoms with Crippen LogP contribution in [0.2, 0.25) is 0 Å². The van der Waals surface area contributed by atoms with Crippen LogP contribution in [0.3, 0.4) is 0 Å². The summed E-state index contributed by atoms with van der Waals surface area (Å²) in [5.41, 5.74) is 2.31. The van der Waals surface area contributed by atoms with E-state index in [0.717, 1.165) is 18.5 Å². The largest absolute Gasteiger partial charge is 0.346 e. The van der Waals surface area contributed by atoms with Crippen LogP contribution < -0.4 is 0 Å². The Morgan fingerprint density at radius 1 is 1.14 bits per heavy atom. The number of fused-ring (bicyclic) bond motifs is 3. The minimum atomic E-state index is 0.231. The van der Waals surface area contributed by atoms with E-state index >= 15 is 0 Å². The lowest BCUT2D eigenvalue weighted by Gasteiger charge is -2.25. The van der Waals surface area contributed by atoms with Gasteiger partial charge in [0.15, 0.2) is 0 Å². The zero-order valence-electron chi connectivity index (χ0n) is 18.5. The topological polar surface area (TPSA) is 50.7 Å². The summed E-state index contributed by atoms with van der Waals surface area (Å²) in [7, 11) is 0. The minimum Gasteiger partial charge on any atom is -0.346 e. The Hall–Kier alpha value is -2.10. The average Bonchev–Trinajstić information content (AvgIpc) is 3.29. The van der Waals surface area contributed by atoms with Gasteiger partial charge in [0.1, 0.15) is 11.4 Å². The number of hydrogen-bond donors (Lipinski definition) is 1. The maximum atomic E-state index is 10.7. The summed E-state index contributed by atoms with van der Waals surface area (Å²) in [6.45, 7) is 12.8. The number of aromatic amines is 1. The summed E-state index contributed by atoms with van der Waals surface area (Å²) in [5.74, 6) is 1.31. The molecule has 0 fully saturated rings. The summed E-state index contributed by atoms with van der Waals surface area (Å²) in [6, 6.07) is 4.89. The molecule has 0 spiro atoms. The number of aromatic nitrogens is 3. The van der Waals surface area contributed by atoms with Gasteiger partial charge in [0.2, 0.25) is 0 Å². The van der Waals surface area contributed by atoms with Crippen molar-refractivity contribution >= 4 is 27.7 Å². The van der Waals surface area contributed by atoms with E-state index in [0.29, 0.717) is 17.7 Å². The molecule has 0 radical (unpaired) electrons. The summed E-state index contributed by atoms with van der Waals surface area (Å²) in [5, 5.41) is 2.47. The zero-order chi connectivity index (χ0) is 20.7. The van der Waals surface area contributed by atoms with Gasteiger partial charge in [0.05, 0.1) is 5.52 Å². The highest BCUT2D eigenvalue weighted by atomic mass is 16.1. The lowest BCUT2D eigenvalue weighted by Crippen LogP contribution is -2.15. The highest BCUT2D eigenvalue weighted by Gasteiger charge is 2.19. The molecule has 0 saturated carbocycles. The number of Topliss-reactive ketones (excluding diaryl/α,β-unsaturated/α-hetero) is 1. The van der Waals surface area contributed by atoms with Crippen LogP contribution in [0.1, 0.15) is 79.7 Å². The Labute approximate surface area is 169 Å². The van der Waals surface area contributed by atoms with Crippen molar-refractivity contribution in [2.45, 2.75) is 79.7 Å². The molecule has 0 bridgehead atoms. The fourth-order valence-electron chi connectivity index (χ4n) is 3.99. The Balaban J connectivity index is 0.000000300. The SMILES string of the molecule is CCCC(=O)C(C)C.CCCC(C)C(CC)n1ccc2cnc3[nH]ccc3c21. The van der Waals surface area contributed by atoms with Gasteiger partial charge in [-0.3, -0.25) is 4.79 Å². The predicted molar refractivity (Wildman–Crippen MR) is 120 cm³/mol. The van der Waals surface area contributed by atoms with Crippen molar-refractivity contribution in [1.82, 2.24) is 14.5 Å². The van der Waals surface area contributed by atoms with Crippen molar-refractivity contribution in [3.05, 3.63) is 30.7 Å². The van der Waals surface area contributed by atoms with Gasteiger partial charge in [0.25, 0.3) is 0 Å². The number of carbonyl (C=O) groups is 1. The molecule has 2 atom stereocenters. The summed E-state index contributed by atoms with van der Waals surface area (Å²) in [4.78, 5) is 18.4. The molecule has 0 amide bonds. The summed E-state index contributed by atoms with van der Waals surface area (Å²) >= 11 is 0. The van der Waals surface area contributed by atoms with E-state index < -0.39 is 0 Å². The third kappa shape index (κ3) is 5.03. The minimum absolute atomic E-state index is 0.231. The van der Waals surface area contributed by atoms with E-state index in [4.69, 9.17) is 0 Å². The number of rotatable bonds is 8. The molecule has 4 nitrogen and oxygen atoms in total. The summed E-state index contributed by atoms with van der Waals surface area (Å²) in [6.07, 6.45) is 11.6. The van der Waals surface area contributed by atoms with E-state index in [1.807, 2.05) is 33.2 Å². The fourth-order valence-corrected chi connectivity index (χ4v) is 3.99. The first-order chi connectivity index (χ1) is 13.4. The van der Waals surface area contributed by atoms with Gasteiger partial charge in [-0.1, -0.05) is 48.0 Å². The zero-order valence-corrected chi connectivity index (χ0v) is 18.5. The van der Waals surface area contributed by atoms with E-state index in [9.17, 15) is 4.79 Å². The number of pyridine rings is 1. The van der Waals surface area contributed by atoms with E-state index in [1.165, 1.54) is 35.6 Å². The van der Waals surface area contributed by atoms with Crippen molar-refractivity contribution in [2.75, 3.05) is 0 Å². The molecule has 0 aliphatic rings. The van der Waals surface area contributed by atoms with Gasteiger partial charge in [-0.15, -0.1) is 0 Å². The third-order valence-electron chi connectivity index (χ3n) is 5.58. The van der Waals surface area contributed by atoms with Crippen molar-refractivity contribution in [3.63, 3.8) is 0 Å². The number of ketones is 1. The second kappa shape index (κ2) is 10.4. The van der Waals surface area contributed by atoms with Crippen LogP contribution in [0.4, 0.5) is 0 Å². The monoisotopic (exact) mass is 383 g/mol. The van der Waals surface area contributed by atoms with Crippen LogP contribution in [0.5, 0.6) is 0 Å². The number of nitrogens with zero attached hydrogens (tertiary/aromatic N) is 2. The lowest BCUT2D eigenvalue weighted by molar-refractivity contribution is -0.121. The molecule has 0 saturated heterocycles. The van der Waals surface area contributed by atoms with Crippen molar-refractivity contribution < 1.29 is 4.79 Å². The Morgan fingerprint density at radius 3 is 2.46 bits per heavy atom. The van der Waals surface area contributed by atoms with Gasteiger partial charge in [-0.2, -0.15) is 0 Å². The number of nitrogens with one attached hydrogen (secondary N) is 1. The molecule has 2 unspecified atom stereocenters. The molecule has 0 aliphatic carbocycles. The molecule has 0 aromatic carbocycles. The van der Waals surface area contributed by atoms with Crippen LogP contribution in [0.25, 0.3) is 21.9 Å². The highest BCUT2D eigenvalue weighted by molar-refractivity contribution is 6.02. The first-order valence-electron chi connectivity index (χ1n) is 10.9. The van der Waals surface area contributed by atoms with Crippen LogP contribution in [0.15, 0.2) is 30.7 Å². The fraction of sp³-hybridized carbons (Fsp3) is 0.583. The average molecular weight is 384 g/mol. The molecule has 28 heavy (non-hydrogen) atoms. The second-order valence-electron chi connectivity index (χ2n) is 8.14. The molecular formula is C24H37N3O. The molecule has 3 rings (SSSR count). The molecule has 0 aliphatic heterocycles. The third-order valence-corrected chi connectivity index (χ3v) is 5.58. The first-order valence-corrected chi connectivity index (χ1v) is 10.9. The Morgan fingerprint density at radius 2 is 1.89 bits per heavy atom. The quantitative estimate of drug-likeness (QED) is 0.459. The van der Waals surface area contributed by atoms with Gasteiger partial charge in [-0.05, 0) is 37.3 Å². The second-order valence-corrected chi connectivity index (χ2v) is 8.14. The maximum absolute atomic E-state index is 10.7. The normalized spacial score (nSPS) is 13.5. The van der Waals surface area contributed by atoms with Crippen molar-refractivity contribution in [2.24, 2.45) is 11.8 Å². The molecule has 154 valence electrons. The molecule has 4 heteroatoms. The predicted octanol–water partition coefficient (Wildman–Crippen LogP) is 6.92. The number of hydrogen-bond acceptors (Lipinski definition) is 2. The van der Waals surface area contributed by atoms with E-state index in [2.05, 4.69) is 53.6 Å². The standard InChI is InChI=1S/C17H23N3.C7H14O/c1-4-6-12(3)15(5-2)20-10-8-13-11-19-17-14(16(13)20)7-9-18-17;1-4-5-7(8)6(2)3/h7-12,15H,4-6H2,1-3H3,(H,18,19);6H,4-5H2,1-3H3. The van der Waals surface area contributed by atoms with Crippen LogP contribution >= 0.6 is 0 Å². The Bertz CT molecular complexity index is 874. The van der Waals surface area contributed by atoms with Crippen molar-refractivity contribution in [1.29, 1.82) is 0 Å². The van der Waals surface area contributed by atoms with Crippen molar-refractivity contribution in [3.8, 4) is 0 Å². The van der Waals surface area contributed by atoms with Gasteiger partial charge < -0.3 is 9.55 Å². The molecular weight excluding hydrogens is 346 g/mol. The smallest absolute Gasteiger partial charge is 0.139 e. The van der Waals surface area contributed by atoms with Gasteiger partial charge >= 0.3 is 0 Å². The van der Waals surface area contributed by atoms with E-state index in [-0.39, 0.29) is 5.92 Å². The molecule has 1 N–H and O–H groups in total. The molecule has 3 aromatic heterocycles. The van der Waals surface area contributed by atoms with Gasteiger partial charge in [-0.25, -0.2) is 4.98 Å². The lowest BCUT2D eigenvalue weighted by atomic mass is 9.94. The van der Waals surface area contributed by atoms with Crippen LogP contribution in [-0.2, 0) is 4.79 Å². The first kappa shape index (κ1) is 22.2. The molecule has 3 heterocycles. The maximum Gasteiger partial charge on any atom is 0.139 e. The van der Waals surface area contributed by atoms with Crippen LogP contribution in [0, 0.1) is 11.8 Å². The van der Waals surface area contributed by atoms with Crippen LogP contribution in [-0.4, -0.2) is 20.3 Å².